The van der Waals surface area contributed by atoms with Gasteiger partial charge in [-0.25, -0.2) is 0 Å². The first-order valence-electron chi connectivity index (χ1n) is 8.65. The molecule has 2 saturated heterocycles. The van der Waals surface area contributed by atoms with E-state index in [9.17, 15) is 5.11 Å². The fourth-order valence-corrected chi connectivity index (χ4v) is 3.20. The van der Waals surface area contributed by atoms with E-state index in [1.807, 2.05) is 0 Å². The normalized spacial score (nSPS) is 25.8. The van der Waals surface area contributed by atoms with Gasteiger partial charge in [-0.3, -0.25) is 9.89 Å². The molecule has 2 rings (SSSR count). The summed E-state index contributed by atoms with van der Waals surface area (Å²) in [7, 11) is 0. The number of guanidine groups is 1. The highest BCUT2D eigenvalue weighted by molar-refractivity contribution is 5.80. The third-order valence-corrected chi connectivity index (χ3v) is 4.51. The summed E-state index contributed by atoms with van der Waals surface area (Å²) in [6.07, 6.45) is 0.616. The van der Waals surface area contributed by atoms with Gasteiger partial charge in [0.15, 0.2) is 5.96 Å². The number of nitrogens with zero attached hydrogens (tertiary/aromatic N) is 3. The molecule has 128 valence electrons. The molecule has 2 heterocycles. The van der Waals surface area contributed by atoms with Crippen LogP contribution in [0.5, 0.6) is 0 Å². The maximum atomic E-state index is 9.74. The van der Waals surface area contributed by atoms with Gasteiger partial charge in [0.1, 0.15) is 0 Å². The molecular formula is C16H32N4O2. The standard InChI is InChI=1S/C16H32N4O2/c1-4-17-16(20-6-5-14(21)12-20)18-11-15(13(2)3)19-7-9-22-10-8-19/h13-15,21H,4-12H2,1-3H3,(H,17,18)/t14-,15?/m1/s1. The fourth-order valence-electron chi connectivity index (χ4n) is 3.20. The number of β-amino-alcohol motifs (C(OH)–C–C–N with tert-alkyl or cyclic N) is 1. The largest absolute Gasteiger partial charge is 0.391 e. The second-order valence-electron chi connectivity index (χ2n) is 6.54. The van der Waals surface area contributed by atoms with Crippen molar-refractivity contribution >= 4 is 5.96 Å². The highest BCUT2D eigenvalue weighted by atomic mass is 16.5. The molecule has 2 aliphatic rings. The minimum Gasteiger partial charge on any atom is -0.391 e. The average molecular weight is 312 g/mol. The van der Waals surface area contributed by atoms with Crippen molar-refractivity contribution in [3.63, 3.8) is 0 Å². The topological polar surface area (TPSA) is 60.3 Å². The van der Waals surface area contributed by atoms with Gasteiger partial charge in [-0.2, -0.15) is 0 Å². The molecular weight excluding hydrogens is 280 g/mol. The van der Waals surface area contributed by atoms with Crippen molar-refractivity contribution in [2.24, 2.45) is 10.9 Å². The molecule has 22 heavy (non-hydrogen) atoms. The molecule has 0 aliphatic carbocycles. The number of rotatable bonds is 5. The van der Waals surface area contributed by atoms with Crippen molar-refractivity contribution in [3.05, 3.63) is 0 Å². The van der Waals surface area contributed by atoms with Crippen molar-refractivity contribution in [1.82, 2.24) is 15.1 Å². The molecule has 0 bridgehead atoms. The van der Waals surface area contributed by atoms with Crippen molar-refractivity contribution < 1.29 is 9.84 Å². The number of aliphatic hydroxyl groups excluding tert-OH is 1. The van der Waals surface area contributed by atoms with E-state index < -0.39 is 0 Å². The Bertz CT molecular complexity index is 356. The van der Waals surface area contributed by atoms with Crippen LogP contribution in [-0.4, -0.2) is 85.5 Å². The van der Waals surface area contributed by atoms with Gasteiger partial charge in [0, 0.05) is 38.8 Å². The summed E-state index contributed by atoms with van der Waals surface area (Å²) in [6.45, 7) is 13.5. The zero-order valence-electron chi connectivity index (χ0n) is 14.3. The Balaban J connectivity index is 1.99. The van der Waals surface area contributed by atoms with E-state index in [2.05, 4.69) is 35.9 Å². The lowest BCUT2D eigenvalue weighted by atomic mass is 10.0. The third kappa shape index (κ3) is 4.83. The zero-order valence-corrected chi connectivity index (χ0v) is 14.3. The highest BCUT2D eigenvalue weighted by Crippen LogP contribution is 2.14. The lowest BCUT2D eigenvalue weighted by Gasteiger charge is -2.36. The molecule has 2 fully saturated rings. The summed E-state index contributed by atoms with van der Waals surface area (Å²) in [6, 6.07) is 0.449. The number of ether oxygens (including phenoxy) is 1. The highest BCUT2D eigenvalue weighted by Gasteiger charge is 2.26. The van der Waals surface area contributed by atoms with Gasteiger partial charge in [-0.1, -0.05) is 13.8 Å². The van der Waals surface area contributed by atoms with E-state index in [1.54, 1.807) is 0 Å². The number of aliphatic imine (C=N–C) groups is 1. The monoisotopic (exact) mass is 312 g/mol. The van der Waals surface area contributed by atoms with Crippen LogP contribution in [0.2, 0.25) is 0 Å². The second-order valence-corrected chi connectivity index (χ2v) is 6.54. The molecule has 0 spiro atoms. The van der Waals surface area contributed by atoms with E-state index in [0.717, 1.165) is 58.3 Å². The molecule has 2 atom stereocenters. The van der Waals surface area contributed by atoms with E-state index in [4.69, 9.17) is 9.73 Å². The van der Waals surface area contributed by atoms with E-state index in [-0.39, 0.29) is 6.10 Å². The maximum Gasteiger partial charge on any atom is 0.194 e. The molecule has 2 aliphatic heterocycles. The number of aliphatic hydroxyl groups is 1. The van der Waals surface area contributed by atoms with Crippen molar-refractivity contribution in [3.8, 4) is 0 Å². The summed E-state index contributed by atoms with van der Waals surface area (Å²) in [5.41, 5.74) is 0. The predicted molar refractivity (Wildman–Crippen MR) is 89.2 cm³/mol. The van der Waals surface area contributed by atoms with Crippen LogP contribution < -0.4 is 5.32 Å². The van der Waals surface area contributed by atoms with E-state index >= 15 is 0 Å². The molecule has 2 N–H and O–H groups in total. The van der Waals surface area contributed by atoms with Gasteiger partial charge in [-0.15, -0.1) is 0 Å². The Morgan fingerprint density at radius 2 is 2.05 bits per heavy atom. The average Bonchev–Trinajstić information content (AvgIpc) is 2.93. The number of likely N-dealkylation sites (tertiary alicyclic amines) is 1. The Hall–Kier alpha value is -0.850. The first kappa shape index (κ1) is 17.5. The van der Waals surface area contributed by atoms with E-state index in [1.165, 1.54) is 0 Å². The molecule has 0 aromatic rings. The number of nitrogens with one attached hydrogen (secondary N) is 1. The number of hydrogen-bond donors (Lipinski definition) is 2. The van der Waals surface area contributed by atoms with Crippen LogP contribution in [0, 0.1) is 5.92 Å². The molecule has 0 amide bonds. The van der Waals surface area contributed by atoms with Crippen molar-refractivity contribution in [2.75, 3.05) is 52.5 Å². The fraction of sp³-hybridized carbons (Fsp3) is 0.938. The Kier molecular flexibility index (Phi) is 6.92. The lowest BCUT2D eigenvalue weighted by Crippen LogP contribution is -2.48. The van der Waals surface area contributed by atoms with Gasteiger partial charge in [0.2, 0.25) is 0 Å². The zero-order chi connectivity index (χ0) is 15.9. The molecule has 1 unspecified atom stereocenters. The van der Waals surface area contributed by atoms with Gasteiger partial charge in [0.25, 0.3) is 0 Å². The summed E-state index contributed by atoms with van der Waals surface area (Å²) >= 11 is 0. The second kappa shape index (κ2) is 8.70. The minimum absolute atomic E-state index is 0.219. The van der Waals surface area contributed by atoms with Crippen LogP contribution in [0.1, 0.15) is 27.2 Å². The first-order valence-corrected chi connectivity index (χ1v) is 8.65. The van der Waals surface area contributed by atoms with Gasteiger partial charge < -0.3 is 20.1 Å². The third-order valence-electron chi connectivity index (χ3n) is 4.51. The summed E-state index contributed by atoms with van der Waals surface area (Å²) in [4.78, 5) is 9.54. The van der Waals surface area contributed by atoms with Crippen LogP contribution in [-0.2, 0) is 4.74 Å². The summed E-state index contributed by atoms with van der Waals surface area (Å²) in [5.74, 6) is 1.51. The molecule has 6 heteroatoms. The Morgan fingerprint density at radius 1 is 1.32 bits per heavy atom. The molecule has 6 nitrogen and oxygen atoms in total. The van der Waals surface area contributed by atoms with Crippen LogP contribution in [0.25, 0.3) is 0 Å². The smallest absolute Gasteiger partial charge is 0.194 e. The van der Waals surface area contributed by atoms with Crippen molar-refractivity contribution in [2.45, 2.75) is 39.3 Å². The minimum atomic E-state index is -0.219. The van der Waals surface area contributed by atoms with Gasteiger partial charge in [0.05, 0.1) is 25.9 Å². The molecule has 0 aromatic carbocycles. The van der Waals surface area contributed by atoms with Gasteiger partial charge in [-0.05, 0) is 19.3 Å². The van der Waals surface area contributed by atoms with Crippen molar-refractivity contribution in [1.29, 1.82) is 0 Å². The SMILES string of the molecule is CCNC(=NCC(C(C)C)N1CCOCC1)N1CC[C@@H](O)C1. The predicted octanol–water partition coefficient (Wildman–Crippen LogP) is 0.375. The van der Waals surface area contributed by atoms with E-state index in [0.29, 0.717) is 18.5 Å². The summed E-state index contributed by atoms with van der Waals surface area (Å²) in [5, 5.41) is 13.1. The maximum absolute atomic E-state index is 9.74. The molecule has 0 aromatic heterocycles. The van der Waals surface area contributed by atoms with Crippen LogP contribution in [0.3, 0.4) is 0 Å². The van der Waals surface area contributed by atoms with Crippen LogP contribution >= 0.6 is 0 Å². The first-order chi connectivity index (χ1) is 10.6. The lowest BCUT2D eigenvalue weighted by molar-refractivity contribution is 0.00863. The van der Waals surface area contributed by atoms with Crippen LogP contribution in [0.15, 0.2) is 4.99 Å². The molecule has 0 saturated carbocycles. The van der Waals surface area contributed by atoms with Gasteiger partial charge >= 0.3 is 0 Å². The number of hydrogen-bond acceptors (Lipinski definition) is 4. The van der Waals surface area contributed by atoms with Crippen LogP contribution in [0.4, 0.5) is 0 Å². The summed E-state index contributed by atoms with van der Waals surface area (Å²) < 4.78 is 5.46. The molecule has 0 radical (unpaired) electrons. The Labute approximate surface area is 134 Å². The quantitative estimate of drug-likeness (QED) is 0.567. The Morgan fingerprint density at radius 3 is 2.59 bits per heavy atom. The number of morpholine rings is 1.